The molecule has 1 heterocycles. The van der Waals surface area contributed by atoms with Gasteiger partial charge in [-0.05, 0) is 29.8 Å². The highest BCUT2D eigenvalue weighted by atomic mass is 35.5. The van der Waals surface area contributed by atoms with Gasteiger partial charge in [0.1, 0.15) is 0 Å². The average Bonchev–Trinajstić information content (AvgIpc) is 2.56. The number of halogens is 1. The van der Waals surface area contributed by atoms with Crippen molar-refractivity contribution < 1.29 is 13.2 Å². The lowest BCUT2D eigenvalue weighted by molar-refractivity contribution is 0.0321. The Kier molecular flexibility index (Phi) is 4.49. The zero-order chi connectivity index (χ0) is 15.6. The van der Waals surface area contributed by atoms with E-state index in [9.17, 15) is 8.42 Å². The van der Waals surface area contributed by atoms with Gasteiger partial charge in [0.25, 0.3) is 0 Å². The molecule has 1 saturated heterocycles. The van der Waals surface area contributed by atoms with Gasteiger partial charge >= 0.3 is 0 Å². The van der Waals surface area contributed by atoms with E-state index in [0.717, 1.165) is 5.56 Å². The van der Waals surface area contributed by atoms with Gasteiger partial charge in [-0.25, -0.2) is 8.42 Å². The van der Waals surface area contributed by atoms with Gasteiger partial charge in [-0.1, -0.05) is 41.9 Å². The second-order valence-electron chi connectivity index (χ2n) is 5.07. The zero-order valence-corrected chi connectivity index (χ0v) is 13.4. The van der Waals surface area contributed by atoms with Gasteiger partial charge in [0.15, 0.2) is 0 Å². The number of sulfonamides is 1. The lowest BCUT2D eigenvalue weighted by Crippen LogP contribution is -2.43. The van der Waals surface area contributed by atoms with Crippen molar-refractivity contribution in [3.63, 3.8) is 0 Å². The second-order valence-corrected chi connectivity index (χ2v) is 7.40. The molecule has 0 aliphatic carbocycles. The van der Waals surface area contributed by atoms with Crippen LogP contribution >= 0.6 is 11.6 Å². The molecule has 116 valence electrons. The molecular weight excluding hydrogens is 322 g/mol. The van der Waals surface area contributed by atoms with Gasteiger partial charge in [-0.15, -0.1) is 0 Å². The van der Waals surface area contributed by atoms with Crippen LogP contribution in [-0.4, -0.2) is 32.5 Å². The molecule has 0 N–H and O–H groups in total. The Morgan fingerprint density at radius 1 is 1.05 bits per heavy atom. The molecule has 2 aromatic rings. The third-order valence-corrected chi connectivity index (χ3v) is 5.86. The Bertz CT molecular complexity index is 732. The van der Waals surface area contributed by atoms with Crippen LogP contribution < -0.4 is 0 Å². The van der Waals surface area contributed by atoms with Crippen LogP contribution in [0.3, 0.4) is 0 Å². The minimum absolute atomic E-state index is 0.250. The van der Waals surface area contributed by atoms with E-state index in [4.69, 9.17) is 16.3 Å². The summed E-state index contributed by atoms with van der Waals surface area (Å²) in [5, 5.41) is 0.514. The van der Waals surface area contributed by atoms with E-state index < -0.39 is 10.0 Å². The van der Waals surface area contributed by atoms with Crippen LogP contribution in [0.4, 0.5) is 0 Å². The summed E-state index contributed by atoms with van der Waals surface area (Å²) in [5.74, 6) is 0. The summed E-state index contributed by atoms with van der Waals surface area (Å²) < 4.78 is 32.8. The number of morpholine rings is 1. The molecule has 1 unspecified atom stereocenters. The van der Waals surface area contributed by atoms with Gasteiger partial charge in [0, 0.05) is 11.6 Å². The SMILES string of the molecule is O=S(=O)(c1ccc(Cl)cc1)N1CCOCC1c1ccccc1. The van der Waals surface area contributed by atoms with Crippen molar-refractivity contribution in [3.8, 4) is 0 Å². The molecule has 1 atom stereocenters. The molecule has 0 bridgehead atoms. The van der Waals surface area contributed by atoms with Gasteiger partial charge in [-0.3, -0.25) is 0 Å². The number of nitrogens with zero attached hydrogens (tertiary/aromatic N) is 1. The van der Waals surface area contributed by atoms with E-state index in [1.54, 1.807) is 12.1 Å². The molecule has 4 nitrogen and oxygen atoms in total. The van der Waals surface area contributed by atoms with Crippen LogP contribution in [0.2, 0.25) is 5.02 Å². The van der Waals surface area contributed by atoms with Gasteiger partial charge in [0.05, 0.1) is 24.2 Å². The Balaban J connectivity index is 1.98. The molecule has 1 aliphatic rings. The molecule has 2 aromatic carbocycles. The van der Waals surface area contributed by atoms with E-state index in [0.29, 0.717) is 24.8 Å². The quantitative estimate of drug-likeness (QED) is 0.864. The van der Waals surface area contributed by atoms with Crippen LogP contribution in [0.25, 0.3) is 0 Å². The standard InChI is InChI=1S/C16H16ClNO3S/c17-14-6-8-15(9-7-14)22(19,20)18-10-11-21-12-16(18)13-4-2-1-3-5-13/h1-9,16H,10-12H2. The number of hydrogen-bond donors (Lipinski definition) is 0. The summed E-state index contributed by atoms with van der Waals surface area (Å²) in [6.45, 7) is 1.09. The van der Waals surface area contributed by atoms with E-state index in [-0.39, 0.29) is 10.9 Å². The molecular formula is C16H16ClNO3S. The minimum atomic E-state index is -3.58. The molecule has 22 heavy (non-hydrogen) atoms. The van der Waals surface area contributed by atoms with Crippen molar-refractivity contribution in [3.05, 3.63) is 65.2 Å². The summed E-state index contributed by atoms with van der Waals surface area (Å²) in [5.41, 5.74) is 0.930. The molecule has 0 amide bonds. The van der Waals surface area contributed by atoms with E-state index in [2.05, 4.69) is 0 Å². The number of benzene rings is 2. The Morgan fingerprint density at radius 3 is 2.41 bits per heavy atom. The zero-order valence-electron chi connectivity index (χ0n) is 11.9. The third-order valence-electron chi connectivity index (χ3n) is 3.68. The number of hydrogen-bond acceptors (Lipinski definition) is 3. The highest BCUT2D eigenvalue weighted by Gasteiger charge is 2.34. The first-order valence-corrected chi connectivity index (χ1v) is 8.81. The number of ether oxygens (including phenoxy) is 1. The van der Waals surface area contributed by atoms with E-state index in [1.807, 2.05) is 30.3 Å². The monoisotopic (exact) mass is 337 g/mol. The molecule has 0 aromatic heterocycles. The lowest BCUT2D eigenvalue weighted by atomic mass is 10.1. The maximum absolute atomic E-state index is 12.9. The molecule has 0 saturated carbocycles. The summed E-state index contributed by atoms with van der Waals surface area (Å²) in [4.78, 5) is 0.250. The van der Waals surface area contributed by atoms with Crippen molar-refractivity contribution in [2.45, 2.75) is 10.9 Å². The Labute approximate surface area is 135 Å². The topological polar surface area (TPSA) is 46.6 Å². The average molecular weight is 338 g/mol. The highest BCUT2D eigenvalue weighted by molar-refractivity contribution is 7.89. The third kappa shape index (κ3) is 3.03. The van der Waals surface area contributed by atoms with Gasteiger partial charge in [0.2, 0.25) is 10.0 Å². The smallest absolute Gasteiger partial charge is 0.243 e. The molecule has 0 radical (unpaired) electrons. The normalized spacial score (nSPS) is 20.0. The molecule has 6 heteroatoms. The van der Waals surface area contributed by atoms with Crippen molar-refractivity contribution in [1.29, 1.82) is 0 Å². The number of rotatable bonds is 3. The molecule has 1 fully saturated rings. The van der Waals surface area contributed by atoms with E-state index >= 15 is 0 Å². The van der Waals surface area contributed by atoms with Crippen LogP contribution in [0.5, 0.6) is 0 Å². The summed E-state index contributed by atoms with van der Waals surface area (Å²) >= 11 is 5.84. The molecule has 3 rings (SSSR count). The van der Waals surface area contributed by atoms with Gasteiger partial charge < -0.3 is 4.74 Å². The Morgan fingerprint density at radius 2 is 1.73 bits per heavy atom. The van der Waals surface area contributed by atoms with Crippen molar-refractivity contribution in [1.82, 2.24) is 4.31 Å². The fourth-order valence-electron chi connectivity index (χ4n) is 2.56. The van der Waals surface area contributed by atoms with Crippen LogP contribution in [-0.2, 0) is 14.8 Å². The Hall–Kier alpha value is -1.40. The first kappa shape index (κ1) is 15.5. The van der Waals surface area contributed by atoms with Gasteiger partial charge in [-0.2, -0.15) is 4.31 Å². The predicted molar refractivity (Wildman–Crippen MR) is 85.3 cm³/mol. The van der Waals surface area contributed by atoms with Crippen molar-refractivity contribution in [2.75, 3.05) is 19.8 Å². The summed E-state index contributed by atoms with van der Waals surface area (Å²) in [7, 11) is -3.58. The fraction of sp³-hybridized carbons (Fsp3) is 0.250. The largest absolute Gasteiger partial charge is 0.378 e. The summed E-state index contributed by atoms with van der Waals surface area (Å²) in [6, 6.07) is 15.5. The van der Waals surface area contributed by atoms with Crippen molar-refractivity contribution in [2.24, 2.45) is 0 Å². The minimum Gasteiger partial charge on any atom is -0.378 e. The van der Waals surface area contributed by atoms with Crippen LogP contribution in [0.15, 0.2) is 59.5 Å². The predicted octanol–water partition coefficient (Wildman–Crippen LogP) is 3.10. The fourth-order valence-corrected chi connectivity index (χ4v) is 4.27. The van der Waals surface area contributed by atoms with Crippen LogP contribution in [0.1, 0.15) is 11.6 Å². The van der Waals surface area contributed by atoms with Crippen LogP contribution in [0, 0.1) is 0 Å². The van der Waals surface area contributed by atoms with Crippen molar-refractivity contribution >= 4 is 21.6 Å². The maximum Gasteiger partial charge on any atom is 0.243 e. The van der Waals surface area contributed by atoms with E-state index in [1.165, 1.54) is 16.4 Å². The first-order valence-electron chi connectivity index (χ1n) is 6.99. The second kappa shape index (κ2) is 6.38. The molecule has 1 aliphatic heterocycles. The first-order chi connectivity index (χ1) is 10.6. The molecule has 0 spiro atoms. The summed E-state index contributed by atoms with van der Waals surface area (Å²) in [6.07, 6.45) is 0. The maximum atomic E-state index is 12.9. The lowest BCUT2D eigenvalue weighted by Gasteiger charge is -2.34. The highest BCUT2D eigenvalue weighted by Crippen LogP contribution is 2.30.